The van der Waals surface area contributed by atoms with Crippen LogP contribution in [0.1, 0.15) is 0 Å². The van der Waals surface area contributed by atoms with Gasteiger partial charge in [-0.05, 0) is 29.8 Å². The quantitative estimate of drug-likeness (QED) is 0.296. The summed E-state index contributed by atoms with van der Waals surface area (Å²) in [6, 6.07) is 26.3. The van der Waals surface area contributed by atoms with Crippen molar-refractivity contribution < 1.29 is 8.83 Å². The predicted molar refractivity (Wildman–Crippen MR) is 111 cm³/mol. The Labute approximate surface area is 159 Å². The van der Waals surface area contributed by atoms with Crippen LogP contribution in [0.2, 0.25) is 5.02 Å². The van der Waals surface area contributed by atoms with E-state index in [0.717, 1.165) is 55.0 Å². The standard InChI is InChI=1S/C24H13ClO2/c25-19-12-14(13-22-23(19)18-7-2-4-11-21(18)26-22)15-8-5-9-17-16-6-1-3-10-20(16)27-24(15)17/h1-13H. The zero-order valence-corrected chi connectivity index (χ0v) is 15.0. The van der Waals surface area contributed by atoms with Crippen molar-refractivity contribution in [2.45, 2.75) is 0 Å². The van der Waals surface area contributed by atoms with E-state index in [9.17, 15) is 0 Å². The average Bonchev–Trinajstić information content (AvgIpc) is 3.26. The van der Waals surface area contributed by atoms with Gasteiger partial charge in [0, 0.05) is 27.1 Å². The number of para-hydroxylation sites is 3. The molecule has 27 heavy (non-hydrogen) atoms. The molecule has 0 saturated carbocycles. The first-order valence-electron chi connectivity index (χ1n) is 8.81. The van der Waals surface area contributed by atoms with Crippen molar-refractivity contribution in [3.05, 3.63) is 83.9 Å². The molecule has 6 aromatic rings. The first-order chi connectivity index (χ1) is 13.3. The second-order valence-electron chi connectivity index (χ2n) is 6.71. The van der Waals surface area contributed by atoms with Crippen LogP contribution in [0.5, 0.6) is 0 Å². The summed E-state index contributed by atoms with van der Waals surface area (Å²) in [5, 5.41) is 4.88. The molecule has 0 saturated heterocycles. The van der Waals surface area contributed by atoms with Crippen molar-refractivity contribution in [2.75, 3.05) is 0 Å². The lowest BCUT2D eigenvalue weighted by atomic mass is 10.0. The predicted octanol–water partition coefficient (Wildman–Crippen LogP) is 7.81. The third-order valence-corrected chi connectivity index (χ3v) is 5.44. The third-order valence-electron chi connectivity index (χ3n) is 5.15. The van der Waals surface area contributed by atoms with Crippen molar-refractivity contribution in [1.82, 2.24) is 0 Å². The number of hydrogen-bond acceptors (Lipinski definition) is 2. The minimum atomic E-state index is 0.681. The molecule has 0 aliphatic rings. The molecule has 0 aliphatic carbocycles. The lowest BCUT2D eigenvalue weighted by Gasteiger charge is -2.04. The molecular formula is C24H13ClO2. The highest BCUT2D eigenvalue weighted by molar-refractivity contribution is 6.38. The molecule has 0 atom stereocenters. The molecule has 0 fully saturated rings. The van der Waals surface area contributed by atoms with Crippen LogP contribution < -0.4 is 0 Å². The number of fused-ring (bicyclic) bond motifs is 6. The summed E-state index contributed by atoms with van der Waals surface area (Å²) in [5.41, 5.74) is 5.37. The van der Waals surface area contributed by atoms with Crippen LogP contribution in [0, 0.1) is 0 Å². The highest BCUT2D eigenvalue weighted by Gasteiger charge is 2.16. The minimum Gasteiger partial charge on any atom is -0.456 e. The van der Waals surface area contributed by atoms with E-state index in [0.29, 0.717) is 5.02 Å². The Hall–Kier alpha value is -3.23. The van der Waals surface area contributed by atoms with E-state index >= 15 is 0 Å². The number of hydrogen-bond donors (Lipinski definition) is 0. The molecule has 0 N–H and O–H groups in total. The molecule has 0 unspecified atom stereocenters. The Kier molecular flexibility index (Phi) is 2.97. The maximum atomic E-state index is 6.67. The van der Waals surface area contributed by atoms with Gasteiger partial charge in [0.25, 0.3) is 0 Å². The molecule has 0 spiro atoms. The van der Waals surface area contributed by atoms with Crippen LogP contribution in [-0.4, -0.2) is 0 Å². The number of rotatable bonds is 1. The van der Waals surface area contributed by atoms with Gasteiger partial charge < -0.3 is 8.83 Å². The largest absolute Gasteiger partial charge is 0.456 e. The van der Waals surface area contributed by atoms with E-state index in [-0.39, 0.29) is 0 Å². The molecule has 2 aromatic heterocycles. The Morgan fingerprint density at radius 3 is 2.15 bits per heavy atom. The SMILES string of the molecule is Clc1cc(-c2cccc3c2oc2ccccc23)cc2oc3ccccc3c12. The molecule has 3 heteroatoms. The molecule has 4 aromatic carbocycles. The zero-order chi connectivity index (χ0) is 18.0. The van der Waals surface area contributed by atoms with E-state index < -0.39 is 0 Å². The molecule has 0 amide bonds. The Morgan fingerprint density at radius 1 is 0.593 bits per heavy atom. The van der Waals surface area contributed by atoms with Crippen LogP contribution in [0.25, 0.3) is 55.0 Å². The summed E-state index contributed by atoms with van der Waals surface area (Å²) in [6.45, 7) is 0. The topological polar surface area (TPSA) is 26.3 Å². The maximum absolute atomic E-state index is 6.67. The van der Waals surface area contributed by atoms with Crippen molar-refractivity contribution in [2.24, 2.45) is 0 Å². The van der Waals surface area contributed by atoms with Crippen LogP contribution in [0.4, 0.5) is 0 Å². The van der Waals surface area contributed by atoms with E-state index in [1.165, 1.54) is 0 Å². The summed E-state index contributed by atoms with van der Waals surface area (Å²) in [7, 11) is 0. The zero-order valence-electron chi connectivity index (χ0n) is 14.2. The molecule has 128 valence electrons. The fraction of sp³-hybridized carbons (Fsp3) is 0. The number of benzene rings is 4. The number of furan rings is 2. The average molecular weight is 369 g/mol. The monoisotopic (exact) mass is 368 g/mol. The van der Waals surface area contributed by atoms with Gasteiger partial charge in [0.2, 0.25) is 0 Å². The second-order valence-corrected chi connectivity index (χ2v) is 7.12. The fourth-order valence-corrected chi connectivity index (χ4v) is 4.25. The molecular weight excluding hydrogens is 356 g/mol. The first-order valence-corrected chi connectivity index (χ1v) is 9.19. The molecule has 2 heterocycles. The highest BCUT2D eigenvalue weighted by atomic mass is 35.5. The van der Waals surface area contributed by atoms with Gasteiger partial charge in [-0.25, -0.2) is 0 Å². The van der Waals surface area contributed by atoms with Gasteiger partial charge in [-0.1, -0.05) is 66.2 Å². The Bertz CT molecular complexity index is 1490. The minimum absolute atomic E-state index is 0.681. The summed E-state index contributed by atoms with van der Waals surface area (Å²) in [5.74, 6) is 0. The Morgan fingerprint density at radius 2 is 1.30 bits per heavy atom. The molecule has 0 radical (unpaired) electrons. The smallest absolute Gasteiger partial charge is 0.143 e. The van der Waals surface area contributed by atoms with Gasteiger partial charge in [-0.15, -0.1) is 0 Å². The van der Waals surface area contributed by atoms with Crippen LogP contribution in [0.15, 0.2) is 87.7 Å². The van der Waals surface area contributed by atoms with Crippen molar-refractivity contribution in [3.8, 4) is 11.1 Å². The van der Waals surface area contributed by atoms with Crippen molar-refractivity contribution in [3.63, 3.8) is 0 Å². The van der Waals surface area contributed by atoms with Crippen molar-refractivity contribution in [1.29, 1.82) is 0 Å². The van der Waals surface area contributed by atoms with Crippen LogP contribution in [0.3, 0.4) is 0 Å². The van der Waals surface area contributed by atoms with Gasteiger partial charge in [0.15, 0.2) is 0 Å². The lowest BCUT2D eigenvalue weighted by Crippen LogP contribution is -1.80. The summed E-state index contributed by atoms with van der Waals surface area (Å²) in [4.78, 5) is 0. The van der Waals surface area contributed by atoms with E-state index in [1.54, 1.807) is 0 Å². The highest BCUT2D eigenvalue weighted by Crippen LogP contribution is 2.40. The summed E-state index contributed by atoms with van der Waals surface area (Å²) < 4.78 is 12.2. The molecule has 0 bridgehead atoms. The van der Waals surface area contributed by atoms with Crippen LogP contribution in [-0.2, 0) is 0 Å². The van der Waals surface area contributed by atoms with Gasteiger partial charge in [0.1, 0.15) is 22.3 Å². The van der Waals surface area contributed by atoms with Gasteiger partial charge in [-0.3, -0.25) is 0 Å². The molecule has 2 nitrogen and oxygen atoms in total. The van der Waals surface area contributed by atoms with E-state index in [4.69, 9.17) is 20.4 Å². The first kappa shape index (κ1) is 14.9. The summed E-state index contributed by atoms with van der Waals surface area (Å²) in [6.07, 6.45) is 0. The van der Waals surface area contributed by atoms with E-state index in [2.05, 4.69) is 24.3 Å². The fourth-order valence-electron chi connectivity index (χ4n) is 3.93. The molecule has 6 rings (SSSR count). The summed E-state index contributed by atoms with van der Waals surface area (Å²) >= 11 is 6.67. The van der Waals surface area contributed by atoms with Gasteiger partial charge in [-0.2, -0.15) is 0 Å². The van der Waals surface area contributed by atoms with Crippen molar-refractivity contribution >= 4 is 55.5 Å². The normalized spacial score (nSPS) is 11.9. The maximum Gasteiger partial charge on any atom is 0.143 e. The Balaban J connectivity index is 1.69. The van der Waals surface area contributed by atoms with Gasteiger partial charge >= 0.3 is 0 Å². The second kappa shape index (κ2) is 5.38. The van der Waals surface area contributed by atoms with Gasteiger partial charge in [0.05, 0.1) is 5.02 Å². The third kappa shape index (κ3) is 2.08. The molecule has 0 aliphatic heterocycles. The van der Waals surface area contributed by atoms with E-state index in [1.807, 2.05) is 54.6 Å². The number of halogens is 1. The van der Waals surface area contributed by atoms with Crippen LogP contribution >= 0.6 is 11.6 Å². The lowest BCUT2D eigenvalue weighted by molar-refractivity contribution is 0.668.